The summed E-state index contributed by atoms with van der Waals surface area (Å²) in [4.78, 5) is 15.0. The highest BCUT2D eigenvalue weighted by atomic mass is 16.5. The first-order valence-corrected chi connectivity index (χ1v) is 8.41. The van der Waals surface area contributed by atoms with Crippen LogP contribution < -0.4 is 5.32 Å². The number of piperidine rings is 1. The number of fused-ring (bicyclic) bond motifs is 1. The molecule has 2 aliphatic rings. The minimum Gasteiger partial charge on any atom is -0.467 e. The first kappa shape index (κ1) is 15.4. The Hall–Kier alpha value is -2.12. The van der Waals surface area contributed by atoms with Gasteiger partial charge in [-0.2, -0.15) is 5.10 Å². The van der Waals surface area contributed by atoms with Gasteiger partial charge in [0, 0.05) is 43.9 Å². The number of rotatable bonds is 5. The van der Waals surface area contributed by atoms with Crippen LogP contribution in [0.2, 0.25) is 0 Å². The molecular weight excluding hydrogens is 308 g/mol. The van der Waals surface area contributed by atoms with Crippen molar-refractivity contribution in [2.45, 2.75) is 25.6 Å². The van der Waals surface area contributed by atoms with E-state index >= 15 is 0 Å². The normalized spacial score (nSPS) is 27.1. The summed E-state index contributed by atoms with van der Waals surface area (Å²) in [6.45, 7) is 3.59. The largest absolute Gasteiger partial charge is 0.467 e. The van der Waals surface area contributed by atoms with Crippen LogP contribution in [0.25, 0.3) is 0 Å². The third kappa shape index (κ3) is 3.22. The molecule has 0 unspecified atom stereocenters. The van der Waals surface area contributed by atoms with E-state index < -0.39 is 0 Å². The molecule has 2 aromatic heterocycles. The summed E-state index contributed by atoms with van der Waals surface area (Å²) in [5.74, 6) is 1.12. The maximum atomic E-state index is 12.7. The van der Waals surface area contributed by atoms with Crippen LogP contribution in [0.3, 0.4) is 0 Å². The fraction of sp³-hybridized carbons (Fsp3) is 0.529. The molecule has 0 saturated carbocycles. The number of amides is 1. The van der Waals surface area contributed by atoms with Crippen LogP contribution in [0.1, 0.15) is 17.7 Å². The molecule has 24 heavy (non-hydrogen) atoms. The third-order valence-corrected chi connectivity index (χ3v) is 4.99. The second-order valence-corrected chi connectivity index (χ2v) is 6.57. The van der Waals surface area contributed by atoms with Gasteiger partial charge in [-0.25, -0.2) is 0 Å². The van der Waals surface area contributed by atoms with E-state index in [0.29, 0.717) is 12.5 Å². The molecule has 0 radical (unpaired) electrons. The number of aromatic nitrogens is 2. The molecule has 3 atom stereocenters. The number of likely N-dealkylation sites (tertiary alicyclic amines) is 1. The van der Waals surface area contributed by atoms with Crippen molar-refractivity contribution < 1.29 is 13.9 Å². The zero-order valence-corrected chi connectivity index (χ0v) is 13.5. The van der Waals surface area contributed by atoms with E-state index in [1.54, 1.807) is 6.26 Å². The van der Waals surface area contributed by atoms with E-state index in [0.717, 1.165) is 44.0 Å². The van der Waals surface area contributed by atoms with Crippen molar-refractivity contribution in [1.29, 1.82) is 0 Å². The van der Waals surface area contributed by atoms with Crippen molar-refractivity contribution in [3.05, 3.63) is 42.1 Å². The number of aromatic amines is 1. The monoisotopic (exact) mass is 330 g/mol. The molecule has 0 bridgehead atoms. The third-order valence-electron chi connectivity index (χ3n) is 4.99. The first-order valence-electron chi connectivity index (χ1n) is 8.41. The molecule has 128 valence electrons. The predicted octanol–water partition coefficient (Wildman–Crippen LogP) is 1.16. The fourth-order valence-corrected chi connectivity index (χ4v) is 3.80. The second-order valence-electron chi connectivity index (χ2n) is 6.57. The number of hydrogen-bond acceptors (Lipinski definition) is 5. The Morgan fingerprint density at radius 2 is 2.42 bits per heavy atom. The van der Waals surface area contributed by atoms with Gasteiger partial charge in [-0.15, -0.1) is 0 Å². The molecule has 2 aromatic rings. The molecule has 0 aliphatic carbocycles. The molecule has 2 aliphatic heterocycles. The van der Waals surface area contributed by atoms with Gasteiger partial charge < -0.3 is 14.5 Å². The van der Waals surface area contributed by atoms with E-state index in [2.05, 4.69) is 20.4 Å². The van der Waals surface area contributed by atoms with Gasteiger partial charge in [-0.3, -0.25) is 14.8 Å². The molecule has 0 aromatic carbocycles. The molecule has 4 rings (SSSR count). The number of hydrogen-bond donors (Lipinski definition) is 2. The standard InChI is InChI=1S/C17H22N4O3/c22-17(18-8-13-2-1-4-23-13)15-10-21(9-12-6-19-20-7-12)11-16-14(15)3-5-24-16/h1-2,4,6-7,14-16H,3,5,8-11H2,(H,18,22)(H,19,20)/t14-,15+,16+/m0/s1. The Labute approximate surface area is 140 Å². The van der Waals surface area contributed by atoms with Crippen molar-refractivity contribution in [3.8, 4) is 0 Å². The average molecular weight is 330 g/mol. The van der Waals surface area contributed by atoms with Crippen molar-refractivity contribution in [2.24, 2.45) is 11.8 Å². The lowest BCUT2D eigenvalue weighted by Crippen LogP contribution is -2.52. The van der Waals surface area contributed by atoms with Crippen LogP contribution in [-0.2, 0) is 22.6 Å². The summed E-state index contributed by atoms with van der Waals surface area (Å²) in [5, 5.41) is 9.84. The van der Waals surface area contributed by atoms with Crippen molar-refractivity contribution in [3.63, 3.8) is 0 Å². The smallest absolute Gasteiger partial charge is 0.225 e. The van der Waals surface area contributed by atoms with Crippen LogP contribution in [0.5, 0.6) is 0 Å². The van der Waals surface area contributed by atoms with Crippen LogP contribution in [0, 0.1) is 11.8 Å². The highest BCUT2D eigenvalue weighted by Gasteiger charge is 2.43. The van der Waals surface area contributed by atoms with E-state index in [1.807, 2.05) is 24.5 Å². The minimum absolute atomic E-state index is 0.0480. The van der Waals surface area contributed by atoms with Crippen LogP contribution in [0.4, 0.5) is 0 Å². The maximum absolute atomic E-state index is 12.7. The molecule has 4 heterocycles. The van der Waals surface area contributed by atoms with Crippen molar-refractivity contribution >= 4 is 5.91 Å². The molecule has 2 fully saturated rings. The number of H-pyrrole nitrogens is 1. The summed E-state index contributed by atoms with van der Waals surface area (Å²) in [5.41, 5.74) is 1.13. The fourth-order valence-electron chi connectivity index (χ4n) is 3.80. The van der Waals surface area contributed by atoms with E-state index in [-0.39, 0.29) is 17.9 Å². The number of ether oxygens (including phenoxy) is 1. The zero-order valence-electron chi connectivity index (χ0n) is 13.5. The number of nitrogens with one attached hydrogen (secondary N) is 2. The Morgan fingerprint density at radius 1 is 1.46 bits per heavy atom. The molecular formula is C17H22N4O3. The molecule has 2 saturated heterocycles. The quantitative estimate of drug-likeness (QED) is 0.859. The molecule has 2 N–H and O–H groups in total. The lowest BCUT2D eigenvalue weighted by atomic mass is 9.82. The molecule has 0 spiro atoms. The van der Waals surface area contributed by atoms with Gasteiger partial charge in [0.1, 0.15) is 5.76 Å². The molecule has 1 amide bonds. The summed E-state index contributed by atoms with van der Waals surface area (Å²) in [6.07, 6.45) is 6.45. The number of carbonyl (C=O) groups is 1. The van der Waals surface area contributed by atoms with Gasteiger partial charge in [0.25, 0.3) is 0 Å². The SMILES string of the molecule is O=C(NCc1ccco1)[C@@H]1CN(Cc2cn[nH]c2)C[C@H]2OCC[C@H]21. The zero-order chi connectivity index (χ0) is 16.4. The molecule has 7 heteroatoms. The average Bonchev–Trinajstić information content (AvgIpc) is 3.33. The second kappa shape index (κ2) is 6.78. The van der Waals surface area contributed by atoms with Gasteiger partial charge in [0.15, 0.2) is 0 Å². The highest BCUT2D eigenvalue weighted by Crippen LogP contribution is 2.34. The summed E-state index contributed by atoms with van der Waals surface area (Å²) >= 11 is 0. The lowest BCUT2D eigenvalue weighted by Gasteiger charge is -2.39. The van der Waals surface area contributed by atoms with E-state index in [1.165, 1.54) is 0 Å². The summed E-state index contributed by atoms with van der Waals surface area (Å²) in [6, 6.07) is 3.70. The van der Waals surface area contributed by atoms with Gasteiger partial charge in [-0.1, -0.05) is 0 Å². The van der Waals surface area contributed by atoms with Crippen LogP contribution >= 0.6 is 0 Å². The first-order chi connectivity index (χ1) is 11.8. The van der Waals surface area contributed by atoms with Gasteiger partial charge >= 0.3 is 0 Å². The van der Waals surface area contributed by atoms with Gasteiger partial charge in [-0.05, 0) is 18.6 Å². The van der Waals surface area contributed by atoms with E-state index in [9.17, 15) is 4.79 Å². The predicted molar refractivity (Wildman–Crippen MR) is 85.8 cm³/mol. The van der Waals surface area contributed by atoms with Gasteiger partial charge in [0.2, 0.25) is 5.91 Å². The van der Waals surface area contributed by atoms with Gasteiger partial charge in [0.05, 0.1) is 31.0 Å². The van der Waals surface area contributed by atoms with Crippen LogP contribution in [-0.4, -0.2) is 46.8 Å². The Bertz CT molecular complexity index is 655. The highest BCUT2D eigenvalue weighted by molar-refractivity contribution is 5.79. The summed E-state index contributed by atoms with van der Waals surface area (Å²) < 4.78 is 11.2. The Kier molecular flexibility index (Phi) is 4.36. The van der Waals surface area contributed by atoms with Crippen molar-refractivity contribution in [2.75, 3.05) is 19.7 Å². The Balaban J connectivity index is 1.41. The topological polar surface area (TPSA) is 83.4 Å². The number of carbonyl (C=O) groups excluding carboxylic acids is 1. The van der Waals surface area contributed by atoms with Crippen LogP contribution in [0.15, 0.2) is 35.2 Å². The van der Waals surface area contributed by atoms with Crippen molar-refractivity contribution in [1.82, 2.24) is 20.4 Å². The Morgan fingerprint density at radius 3 is 3.21 bits per heavy atom. The number of furan rings is 1. The lowest BCUT2D eigenvalue weighted by molar-refractivity contribution is -0.131. The minimum atomic E-state index is -0.0480. The maximum Gasteiger partial charge on any atom is 0.225 e. The summed E-state index contributed by atoms with van der Waals surface area (Å²) in [7, 11) is 0. The van der Waals surface area contributed by atoms with E-state index in [4.69, 9.17) is 9.15 Å². The molecule has 7 nitrogen and oxygen atoms in total. The number of nitrogens with zero attached hydrogens (tertiary/aromatic N) is 2.